The van der Waals surface area contributed by atoms with Crippen molar-refractivity contribution in [3.05, 3.63) is 56.2 Å². The molecule has 0 amide bonds. The number of benzene rings is 1. The lowest BCUT2D eigenvalue weighted by atomic mass is 10.2. The number of ether oxygens (including phenoxy) is 1. The van der Waals surface area contributed by atoms with Crippen molar-refractivity contribution in [3.8, 4) is 5.75 Å². The lowest BCUT2D eigenvalue weighted by molar-refractivity contribution is 0.292. The van der Waals surface area contributed by atoms with E-state index in [2.05, 4.69) is 9.97 Å². The Morgan fingerprint density at radius 1 is 1.38 bits per heavy atom. The zero-order chi connectivity index (χ0) is 15.4. The molecular formula is C15H17ClN2O3. The van der Waals surface area contributed by atoms with Gasteiger partial charge in [0.25, 0.3) is 5.56 Å². The van der Waals surface area contributed by atoms with Crippen LogP contribution in [-0.2, 0) is 13.0 Å². The van der Waals surface area contributed by atoms with E-state index in [1.165, 1.54) is 0 Å². The van der Waals surface area contributed by atoms with Gasteiger partial charge in [0.15, 0.2) is 0 Å². The molecule has 0 unspecified atom stereocenters. The second-order valence-corrected chi connectivity index (χ2v) is 5.16. The summed E-state index contributed by atoms with van der Waals surface area (Å²) in [5, 5.41) is 9.60. The molecule has 1 aromatic heterocycles. The maximum atomic E-state index is 11.9. The van der Waals surface area contributed by atoms with Crippen molar-refractivity contribution in [2.24, 2.45) is 0 Å². The van der Waals surface area contributed by atoms with E-state index >= 15 is 0 Å². The van der Waals surface area contributed by atoms with Crippen molar-refractivity contribution in [1.82, 2.24) is 9.97 Å². The van der Waals surface area contributed by atoms with Gasteiger partial charge in [0.05, 0.1) is 0 Å². The number of rotatable bonds is 5. The van der Waals surface area contributed by atoms with Gasteiger partial charge in [-0.05, 0) is 37.6 Å². The summed E-state index contributed by atoms with van der Waals surface area (Å²) in [6, 6.07) is 5.35. The largest absolute Gasteiger partial charge is 0.486 e. The fourth-order valence-electron chi connectivity index (χ4n) is 2.00. The van der Waals surface area contributed by atoms with Crippen molar-refractivity contribution in [3.63, 3.8) is 0 Å². The fourth-order valence-corrected chi connectivity index (χ4v) is 2.12. The van der Waals surface area contributed by atoms with Gasteiger partial charge in [-0.1, -0.05) is 11.6 Å². The van der Waals surface area contributed by atoms with Crippen molar-refractivity contribution in [2.75, 3.05) is 6.61 Å². The van der Waals surface area contributed by atoms with Gasteiger partial charge in [0.1, 0.15) is 18.2 Å². The number of aromatic amines is 1. The Kier molecular flexibility index (Phi) is 4.98. The molecule has 0 aliphatic rings. The van der Waals surface area contributed by atoms with E-state index in [9.17, 15) is 4.79 Å². The minimum absolute atomic E-state index is 0.0779. The van der Waals surface area contributed by atoms with E-state index < -0.39 is 0 Å². The third-order valence-corrected chi connectivity index (χ3v) is 3.56. The zero-order valence-electron chi connectivity index (χ0n) is 11.9. The normalized spacial score (nSPS) is 10.7. The number of H-pyrrole nitrogens is 1. The Bertz CT molecular complexity index is 698. The second-order valence-electron chi connectivity index (χ2n) is 4.75. The molecule has 2 rings (SSSR count). The second kappa shape index (κ2) is 6.74. The molecule has 0 atom stereocenters. The Labute approximate surface area is 127 Å². The molecule has 0 aliphatic carbocycles. The highest BCUT2D eigenvalue weighted by Crippen LogP contribution is 2.21. The predicted molar refractivity (Wildman–Crippen MR) is 80.9 cm³/mol. The summed E-state index contributed by atoms with van der Waals surface area (Å²) < 4.78 is 5.60. The topological polar surface area (TPSA) is 75.2 Å². The minimum Gasteiger partial charge on any atom is -0.486 e. The predicted octanol–water partition coefficient (Wildman–Crippen LogP) is 2.15. The number of nitrogens with zero attached hydrogens (tertiary/aromatic N) is 1. The number of nitrogens with one attached hydrogen (secondary N) is 1. The first-order valence-electron chi connectivity index (χ1n) is 6.59. The minimum atomic E-state index is -0.234. The first-order valence-corrected chi connectivity index (χ1v) is 6.97. The molecule has 2 N–H and O–H groups in total. The summed E-state index contributed by atoms with van der Waals surface area (Å²) in [7, 11) is 0. The quantitative estimate of drug-likeness (QED) is 0.887. The highest BCUT2D eigenvalue weighted by atomic mass is 35.5. The van der Waals surface area contributed by atoms with Gasteiger partial charge >= 0.3 is 0 Å². The first kappa shape index (κ1) is 15.5. The van der Waals surface area contributed by atoms with E-state index in [0.717, 1.165) is 5.56 Å². The zero-order valence-corrected chi connectivity index (χ0v) is 12.7. The summed E-state index contributed by atoms with van der Waals surface area (Å²) in [6.45, 7) is 3.72. The molecule has 112 valence electrons. The average molecular weight is 309 g/mol. The summed E-state index contributed by atoms with van der Waals surface area (Å²) >= 11 is 5.95. The highest BCUT2D eigenvalue weighted by molar-refractivity contribution is 6.31. The van der Waals surface area contributed by atoms with Gasteiger partial charge in [-0.25, -0.2) is 4.98 Å². The molecule has 0 aliphatic heterocycles. The van der Waals surface area contributed by atoms with E-state index in [-0.39, 0.29) is 18.8 Å². The van der Waals surface area contributed by atoms with Gasteiger partial charge in [-0.15, -0.1) is 0 Å². The van der Waals surface area contributed by atoms with E-state index in [1.807, 2.05) is 13.0 Å². The Morgan fingerprint density at radius 2 is 2.14 bits per heavy atom. The van der Waals surface area contributed by atoms with Crippen LogP contribution in [-0.4, -0.2) is 21.7 Å². The van der Waals surface area contributed by atoms with Crippen LogP contribution >= 0.6 is 11.6 Å². The Hall–Kier alpha value is -1.85. The molecular weight excluding hydrogens is 292 g/mol. The van der Waals surface area contributed by atoms with Gasteiger partial charge < -0.3 is 14.8 Å². The number of hydrogen-bond acceptors (Lipinski definition) is 4. The smallest absolute Gasteiger partial charge is 0.254 e. The number of aryl methyl sites for hydroxylation is 2. The molecule has 2 aromatic rings. The number of aliphatic hydroxyl groups excluding tert-OH is 1. The molecule has 0 saturated heterocycles. The summed E-state index contributed by atoms with van der Waals surface area (Å²) in [4.78, 5) is 18.8. The molecule has 0 fully saturated rings. The molecule has 0 radical (unpaired) electrons. The molecule has 1 heterocycles. The molecule has 1 aromatic carbocycles. The van der Waals surface area contributed by atoms with Crippen LogP contribution in [0.2, 0.25) is 5.02 Å². The van der Waals surface area contributed by atoms with Gasteiger partial charge in [-0.2, -0.15) is 0 Å². The molecule has 21 heavy (non-hydrogen) atoms. The number of aliphatic hydroxyl groups is 1. The molecule has 0 spiro atoms. The van der Waals surface area contributed by atoms with Gasteiger partial charge in [0, 0.05) is 29.3 Å². The van der Waals surface area contributed by atoms with Crippen molar-refractivity contribution >= 4 is 11.6 Å². The van der Waals surface area contributed by atoms with Crippen LogP contribution < -0.4 is 10.3 Å². The maximum absolute atomic E-state index is 11.9. The third-order valence-electron chi connectivity index (χ3n) is 3.14. The molecule has 0 bridgehead atoms. The number of aromatic nitrogens is 2. The van der Waals surface area contributed by atoms with Crippen LogP contribution in [0.15, 0.2) is 23.0 Å². The first-order chi connectivity index (χ1) is 10.0. The summed E-state index contributed by atoms with van der Waals surface area (Å²) in [5.74, 6) is 1.11. The number of halogens is 1. The molecule has 5 nitrogen and oxygen atoms in total. The molecule has 6 heteroatoms. The van der Waals surface area contributed by atoms with Gasteiger partial charge in [-0.3, -0.25) is 4.79 Å². The van der Waals surface area contributed by atoms with Crippen LogP contribution in [0.1, 0.15) is 22.6 Å². The number of hydrogen-bond donors (Lipinski definition) is 2. The van der Waals surface area contributed by atoms with Crippen molar-refractivity contribution in [2.45, 2.75) is 26.9 Å². The van der Waals surface area contributed by atoms with Crippen LogP contribution in [0.5, 0.6) is 5.75 Å². The van der Waals surface area contributed by atoms with E-state index in [0.29, 0.717) is 34.3 Å². The van der Waals surface area contributed by atoms with E-state index in [4.69, 9.17) is 21.4 Å². The third kappa shape index (κ3) is 3.83. The van der Waals surface area contributed by atoms with Crippen LogP contribution in [0, 0.1) is 13.8 Å². The Balaban J connectivity index is 2.13. The van der Waals surface area contributed by atoms with Crippen molar-refractivity contribution < 1.29 is 9.84 Å². The van der Waals surface area contributed by atoms with E-state index in [1.54, 1.807) is 19.1 Å². The van der Waals surface area contributed by atoms with Crippen LogP contribution in [0.25, 0.3) is 0 Å². The fraction of sp³-hybridized carbons (Fsp3) is 0.333. The average Bonchev–Trinajstić information content (AvgIpc) is 2.44. The highest BCUT2D eigenvalue weighted by Gasteiger charge is 2.08. The molecule has 0 saturated carbocycles. The standard InChI is InChI=1S/C15H17ClN2O3/c1-9-7-11(3-4-13(9)16)21-8-14-17-10(2)12(5-6-19)15(20)18-14/h3-4,7,19H,5-6,8H2,1-2H3,(H,17,18,20). The summed E-state index contributed by atoms with van der Waals surface area (Å²) in [5.41, 5.74) is 1.80. The SMILES string of the molecule is Cc1cc(OCc2nc(C)c(CCO)c(=O)[nH]2)ccc1Cl. The summed E-state index contributed by atoms with van der Waals surface area (Å²) in [6.07, 6.45) is 0.297. The Morgan fingerprint density at radius 3 is 2.76 bits per heavy atom. The van der Waals surface area contributed by atoms with Crippen molar-refractivity contribution in [1.29, 1.82) is 0 Å². The lowest BCUT2D eigenvalue weighted by Gasteiger charge is -2.09. The van der Waals surface area contributed by atoms with Gasteiger partial charge in [0.2, 0.25) is 0 Å². The maximum Gasteiger partial charge on any atom is 0.254 e. The monoisotopic (exact) mass is 308 g/mol. The van der Waals surface area contributed by atoms with Crippen LogP contribution in [0.3, 0.4) is 0 Å². The lowest BCUT2D eigenvalue weighted by Crippen LogP contribution is -2.20. The van der Waals surface area contributed by atoms with Crippen LogP contribution in [0.4, 0.5) is 0 Å².